The van der Waals surface area contributed by atoms with Crippen LogP contribution in [0.25, 0.3) is 11.3 Å². The van der Waals surface area contributed by atoms with Gasteiger partial charge in [0.05, 0.1) is 12.4 Å². The molecule has 0 amide bonds. The minimum Gasteiger partial charge on any atom is -0.381 e. The summed E-state index contributed by atoms with van der Waals surface area (Å²) in [7, 11) is -3.54. The van der Waals surface area contributed by atoms with Gasteiger partial charge in [-0.25, -0.2) is 8.42 Å². The van der Waals surface area contributed by atoms with Gasteiger partial charge in [-0.3, -0.25) is 0 Å². The molecule has 6 aromatic rings. The van der Waals surface area contributed by atoms with Gasteiger partial charge >= 0.3 is 0 Å². The molecule has 4 aromatic heterocycles. The van der Waals surface area contributed by atoms with Crippen LogP contribution in [0.15, 0.2) is 53.9 Å². The van der Waals surface area contributed by atoms with Crippen LogP contribution in [0.4, 0.5) is 17.8 Å². The molecule has 0 unspecified atom stereocenters. The monoisotopic (exact) mass is 897 g/mol. The third kappa shape index (κ3) is 12.5. The highest BCUT2D eigenvalue weighted by Crippen LogP contribution is 2.25. The first kappa shape index (κ1) is 48.2. The summed E-state index contributed by atoms with van der Waals surface area (Å²) in [5.74, 6) is 2.24. The Labute approximate surface area is 378 Å². The first-order valence-corrected chi connectivity index (χ1v) is 24.6. The number of anilines is 3. The van der Waals surface area contributed by atoms with Crippen molar-refractivity contribution in [3.8, 4) is 0 Å². The maximum Gasteiger partial charge on any atom is 0.252 e. The number of sulfone groups is 1. The Bertz CT molecular complexity index is 2580. The summed E-state index contributed by atoms with van der Waals surface area (Å²) in [4.78, 5) is 18.1. The molecule has 2 aliphatic rings. The van der Waals surface area contributed by atoms with Crippen molar-refractivity contribution in [2.75, 3.05) is 48.6 Å². The van der Waals surface area contributed by atoms with Gasteiger partial charge in [0.2, 0.25) is 27.7 Å². The first-order chi connectivity index (χ1) is 30.6. The third-order valence-electron chi connectivity index (χ3n) is 11.5. The fourth-order valence-corrected chi connectivity index (χ4v) is 8.17. The lowest BCUT2D eigenvalue weighted by molar-refractivity contribution is 0.0866. The van der Waals surface area contributed by atoms with Crippen molar-refractivity contribution in [3.05, 3.63) is 93.3 Å². The van der Waals surface area contributed by atoms with E-state index in [4.69, 9.17) is 25.2 Å². The van der Waals surface area contributed by atoms with Crippen molar-refractivity contribution in [1.82, 2.24) is 39.2 Å². The summed E-state index contributed by atoms with van der Waals surface area (Å²) >= 11 is 0. The largest absolute Gasteiger partial charge is 0.381 e. The van der Waals surface area contributed by atoms with Crippen LogP contribution in [-0.2, 0) is 45.2 Å². The Morgan fingerprint density at radius 1 is 0.688 bits per heavy atom. The van der Waals surface area contributed by atoms with Gasteiger partial charge in [-0.15, -0.1) is 0 Å². The molecule has 0 radical (unpaired) electrons. The molecular formula is C47H68N12O4S. The van der Waals surface area contributed by atoms with E-state index in [2.05, 4.69) is 114 Å². The SMILES string of the molecule is CCc1ccc(C)cc1CNc1nc(NC2CCOCC2)nc2c(C(C)C)cnn12.CCc1ccc(C)cc1CNc1nc(S(C)(=O)=O)nc2c(C(C)C)cnn12.NC1CCOCC1. The van der Waals surface area contributed by atoms with Crippen LogP contribution < -0.4 is 21.7 Å². The summed E-state index contributed by atoms with van der Waals surface area (Å²) < 4.78 is 38.1. The molecule has 6 heterocycles. The lowest BCUT2D eigenvalue weighted by atomic mass is 10.0. The van der Waals surface area contributed by atoms with Crippen LogP contribution in [0.3, 0.4) is 0 Å². The lowest BCUT2D eigenvalue weighted by Crippen LogP contribution is -2.29. The number of rotatable bonds is 13. The van der Waals surface area contributed by atoms with Crippen LogP contribution in [0, 0.1) is 13.8 Å². The van der Waals surface area contributed by atoms with Crippen LogP contribution in [0.2, 0.25) is 0 Å². The van der Waals surface area contributed by atoms with E-state index in [0.29, 0.717) is 54.6 Å². The highest BCUT2D eigenvalue weighted by Gasteiger charge is 2.21. The van der Waals surface area contributed by atoms with Gasteiger partial charge in [0.15, 0.2) is 11.3 Å². The fourth-order valence-electron chi connectivity index (χ4n) is 7.66. The molecule has 0 atom stereocenters. The quantitative estimate of drug-likeness (QED) is 0.0884. The van der Waals surface area contributed by atoms with Crippen molar-refractivity contribution in [3.63, 3.8) is 0 Å². The van der Waals surface area contributed by atoms with E-state index in [1.165, 1.54) is 27.8 Å². The zero-order valence-corrected chi connectivity index (χ0v) is 39.9. The Balaban J connectivity index is 0.000000185. The van der Waals surface area contributed by atoms with Crippen LogP contribution in [0.1, 0.15) is 124 Å². The molecule has 64 heavy (non-hydrogen) atoms. The molecule has 2 fully saturated rings. The van der Waals surface area contributed by atoms with Crippen molar-refractivity contribution in [2.24, 2.45) is 5.73 Å². The average molecular weight is 897 g/mol. The molecule has 2 aliphatic heterocycles. The van der Waals surface area contributed by atoms with Crippen molar-refractivity contribution in [2.45, 2.75) is 136 Å². The average Bonchev–Trinajstić information content (AvgIpc) is 3.91. The Kier molecular flexibility index (Phi) is 16.7. The van der Waals surface area contributed by atoms with Crippen molar-refractivity contribution >= 4 is 39.0 Å². The van der Waals surface area contributed by atoms with E-state index < -0.39 is 9.84 Å². The fraction of sp³-hybridized carbons (Fsp3) is 0.532. The predicted octanol–water partition coefficient (Wildman–Crippen LogP) is 7.58. The Hall–Kier alpha value is -5.23. The number of nitrogens with zero attached hydrogens (tertiary/aromatic N) is 8. The van der Waals surface area contributed by atoms with Crippen molar-refractivity contribution < 1.29 is 17.9 Å². The minimum atomic E-state index is -3.54. The van der Waals surface area contributed by atoms with Crippen LogP contribution in [-0.4, -0.2) is 92.3 Å². The maximum absolute atomic E-state index is 12.1. The highest BCUT2D eigenvalue weighted by atomic mass is 32.2. The minimum absolute atomic E-state index is 0.168. The summed E-state index contributed by atoms with van der Waals surface area (Å²) in [5.41, 5.74) is 16.4. The topological polar surface area (TPSA) is 201 Å². The van der Waals surface area contributed by atoms with Crippen LogP contribution in [0.5, 0.6) is 0 Å². The van der Waals surface area contributed by atoms with E-state index in [0.717, 1.165) is 93.5 Å². The normalized spacial score (nSPS) is 14.9. The second kappa shape index (κ2) is 22.1. The molecular weight excluding hydrogens is 829 g/mol. The van der Waals surface area contributed by atoms with Gasteiger partial charge < -0.3 is 31.2 Å². The number of nitrogens with one attached hydrogen (secondary N) is 3. The molecule has 2 aromatic carbocycles. The smallest absolute Gasteiger partial charge is 0.252 e. The molecule has 17 heteroatoms. The summed E-state index contributed by atoms with van der Waals surface area (Å²) in [6.45, 7) is 21.4. The number of ether oxygens (including phenoxy) is 2. The van der Waals surface area contributed by atoms with E-state index >= 15 is 0 Å². The Morgan fingerprint density at radius 2 is 1.16 bits per heavy atom. The molecule has 0 saturated carbocycles. The number of hydrogen-bond acceptors (Lipinski definition) is 14. The molecule has 0 aliphatic carbocycles. The molecule has 0 spiro atoms. The van der Waals surface area contributed by atoms with Gasteiger partial charge in [-0.2, -0.15) is 39.2 Å². The molecule has 8 rings (SSSR count). The second-order valence-corrected chi connectivity index (χ2v) is 19.3. The first-order valence-electron chi connectivity index (χ1n) is 22.7. The standard InChI is InChI=1S/C23H32N6O.C19H25N5O2S.C5H11NO/c1-5-17-7-6-16(4)12-18(17)13-24-23-28-22(26-19-8-10-30-11-9-19)27-21-20(15(2)3)14-25-29(21)23;1-6-14-8-7-13(4)9-15(14)10-20-18-23-19(27(5,25)26)22-17-16(12(2)3)11-21-24(17)18;6-5-1-3-7-4-2-5/h6-7,12,14-15,19H,5,8-11,13H2,1-4H3,(H2,24,26,27,28);7-9,11-12H,6,10H2,1-5H3,(H,20,22,23);5H,1-4,6H2. The van der Waals surface area contributed by atoms with Gasteiger partial charge in [0.1, 0.15) is 0 Å². The zero-order chi connectivity index (χ0) is 46.0. The molecule has 2 saturated heterocycles. The highest BCUT2D eigenvalue weighted by molar-refractivity contribution is 7.90. The number of hydrogen-bond donors (Lipinski definition) is 4. The van der Waals surface area contributed by atoms with Gasteiger partial charge in [-0.1, -0.05) is 89.1 Å². The third-order valence-corrected chi connectivity index (χ3v) is 12.4. The summed E-state index contributed by atoms with van der Waals surface area (Å²) in [6, 6.07) is 13.7. The van der Waals surface area contributed by atoms with E-state index in [1.54, 1.807) is 10.7 Å². The summed E-state index contributed by atoms with van der Waals surface area (Å²) in [6.07, 6.45) is 10.7. The Morgan fingerprint density at radius 3 is 1.59 bits per heavy atom. The van der Waals surface area contributed by atoms with E-state index in [9.17, 15) is 8.42 Å². The molecule has 346 valence electrons. The predicted molar refractivity (Wildman–Crippen MR) is 254 cm³/mol. The van der Waals surface area contributed by atoms with E-state index in [-0.39, 0.29) is 11.1 Å². The van der Waals surface area contributed by atoms with Gasteiger partial charge in [0, 0.05) is 69.0 Å². The number of nitrogens with two attached hydrogens (primary N) is 1. The number of fused-ring (bicyclic) bond motifs is 2. The second-order valence-electron chi connectivity index (χ2n) is 17.4. The van der Waals surface area contributed by atoms with Crippen molar-refractivity contribution in [1.29, 1.82) is 0 Å². The number of benzene rings is 2. The van der Waals surface area contributed by atoms with Gasteiger partial charge in [-0.05, 0) is 86.5 Å². The van der Waals surface area contributed by atoms with Gasteiger partial charge in [0.25, 0.3) is 5.16 Å². The number of aromatic nitrogens is 8. The summed E-state index contributed by atoms with van der Waals surface area (Å²) in [5, 5.41) is 19.0. The molecule has 0 bridgehead atoms. The van der Waals surface area contributed by atoms with Crippen LogP contribution >= 0.6 is 0 Å². The molecule has 16 nitrogen and oxygen atoms in total. The lowest BCUT2D eigenvalue weighted by Gasteiger charge is -2.23. The maximum atomic E-state index is 12.1. The molecule has 5 N–H and O–H groups in total. The van der Waals surface area contributed by atoms with E-state index in [1.807, 2.05) is 24.6 Å². The number of aryl methyl sites for hydroxylation is 4. The zero-order valence-electron chi connectivity index (χ0n) is 39.1.